The smallest absolute Gasteiger partial charge is 0.319 e. The molecule has 0 radical (unpaired) electrons. The maximum absolute atomic E-state index is 12.3. The summed E-state index contributed by atoms with van der Waals surface area (Å²) >= 11 is 0. The van der Waals surface area contributed by atoms with Gasteiger partial charge in [0.15, 0.2) is 5.78 Å². The Balaban J connectivity index is 1.57. The molecule has 0 saturated carbocycles. The molecule has 1 saturated heterocycles. The minimum Gasteiger partial charge on any atom is -0.378 e. The van der Waals surface area contributed by atoms with Gasteiger partial charge in [0.05, 0.1) is 19.3 Å². The van der Waals surface area contributed by atoms with Crippen LogP contribution in [0.5, 0.6) is 0 Å². The highest BCUT2D eigenvalue weighted by molar-refractivity contribution is 5.96. The summed E-state index contributed by atoms with van der Waals surface area (Å²) in [5.41, 5.74) is 3.36. The zero-order valence-corrected chi connectivity index (χ0v) is 15.7. The first kappa shape index (κ1) is 18.9. The van der Waals surface area contributed by atoms with Gasteiger partial charge in [0.1, 0.15) is 0 Å². The molecule has 27 heavy (non-hydrogen) atoms. The monoisotopic (exact) mass is 367 g/mol. The maximum atomic E-state index is 12.3. The highest BCUT2D eigenvalue weighted by atomic mass is 16.5. The summed E-state index contributed by atoms with van der Waals surface area (Å²) in [6, 6.07) is 14.7. The highest BCUT2D eigenvalue weighted by Crippen LogP contribution is 2.20. The average Bonchev–Trinajstić information content (AvgIpc) is 2.69. The van der Waals surface area contributed by atoms with Gasteiger partial charge in [-0.15, -0.1) is 0 Å². The molecule has 6 heteroatoms. The summed E-state index contributed by atoms with van der Waals surface area (Å²) in [6.07, 6.45) is 0. The molecule has 2 amide bonds. The van der Waals surface area contributed by atoms with E-state index in [0.29, 0.717) is 11.3 Å². The van der Waals surface area contributed by atoms with Crippen LogP contribution in [0.25, 0.3) is 0 Å². The van der Waals surface area contributed by atoms with Crippen molar-refractivity contribution in [2.75, 3.05) is 36.5 Å². The van der Waals surface area contributed by atoms with Gasteiger partial charge in [-0.25, -0.2) is 4.79 Å². The zero-order valence-electron chi connectivity index (χ0n) is 15.7. The van der Waals surface area contributed by atoms with Crippen LogP contribution in [0.15, 0.2) is 48.5 Å². The number of hydrogen-bond donors (Lipinski definition) is 2. The van der Waals surface area contributed by atoms with Crippen molar-refractivity contribution in [3.63, 3.8) is 0 Å². The molecule has 2 N–H and O–H groups in total. The summed E-state index contributed by atoms with van der Waals surface area (Å²) in [5.74, 6) is -0.0345. The predicted octanol–water partition coefficient (Wildman–Crippen LogP) is 3.61. The number of carbonyl (C=O) groups is 2. The normalized spacial score (nSPS) is 15.1. The van der Waals surface area contributed by atoms with Crippen LogP contribution in [0.1, 0.15) is 35.8 Å². The van der Waals surface area contributed by atoms with Crippen molar-refractivity contribution in [1.82, 2.24) is 5.32 Å². The van der Waals surface area contributed by atoms with Crippen LogP contribution in [0.2, 0.25) is 0 Å². The van der Waals surface area contributed by atoms with Crippen LogP contribution >= 0.6 is 0 Å². The molecule has 1 fully saturated rings. The van der Waals surface area contributed by atoms with E-state index in [9.17, 15) is 9.59 Å². The largest absolute Gasteiger partial charge is 0.378 e. The van der Waals surface area contributed by atoms with Crippen molar-refractivity contribution >= 4 is 23.2 Å². The lowest BCUT2D eigenvalue weighted by Gasteiger charge is -2.29. The number of amides is 2. The third-order valence-corrected chi connectivity index (χ3v) is 4.64. The third-order valence-electron chi connectivity index (χ3n) is 4.64. The Morgan fingerprint density at radius 1 is 1.07 bits per heavy atom. The van der Waals surface area contributed by atoms with E-state index in [1.807, 2.05) is 19.1 Å². The molecule has 6 nitrogen and oxygen atoms in total. The molecule has 1 aliphatic rings. The van der Waals surface area contributed by atoms with Crippen LogP contribution in [-0.2, 0) is 4.74 Å². The summed E-state index contributed by atoms with van der Waals surface area (Å²) in [6.45, 7) is 6.75. The molecule has 0 aliphatic carbocycles. The van der Waals surface area contributed by atoms with Crippen molar-refractivity contribution in [1.29, 1.82) is 0 Å². The first-order chi connectivity index (χ1) is 13.0. The van der Waals surface area contributed by atoms with Gasteiger partial charge in [-0.05, 0) is 43.7 Å². The number of hydrogen-bond acceptors (Lipinski definition) is 4. The zero-order chi connectivity index (χ0) is 19.2. The first-order valence-electron chi connectivity index (χ1n) is 9.14. The third kappa shape index (κ3) is 5.08. The van der Waals surface area contributed by atoms with Gasteiger partial charge in [-0.1, -0.05) is 24.3 Å². The fourth-order valence-electron chi connectivity index (χ4n) is 3.06. The topological polar surface area (TPSA) is 70.7 Å². The van der Waals surface area contributed by atoms with Crippen LogP contribution in [-0.4, -0.2) is 38.1 Å². The van der Waals surface area contributed by atoms with Crippen LogP contribution < -0.4 is 15.5 Å². The summed E-state index contributed by atoms with van der Waals surface area (Å²) in [4.78, 5) is 26.0. The molecule has 0 unspecified atom stereocenters. The van der Waals surface area contributed by atoms with Gasteiger partial charge in [0.25, 0.3) is 0 Å². The summed E-state index contributed by atoms with van der Waals surface area (Å²) in [7, 11) is 0. The quantitative estimate of drug-likeness (QED) is 0.792. The number of ether oxygens (including phenoxy) is 1. The number of anilines is 2. The Kier molecular flexibility index (Phi) is 6.08. The van der Waals surface area contributed by atoms with Gasteiger partial charge >= 0.3 is 6.03 Å². The fourth-order valence-corrected chi connectivity index (χ4v) is 3.06. The Bertz CT molecular complexity index is 799. The minimum atomic E-state index is -0.305. The molecular formula is C21H25N3O3. The number of urea groups is 1. The van der Waals surface area contributed by atoms with E-state index in [4.69, 9.17) is 4.74 Å². The molecule has 2 aromatic carbocycles. The summed E-state index contributed by atoms with van der Waals surface area (Å²) in [5, 5.41) is 5.70. The molecule has 1 heterocycles. The SMILES string of the molecule is CC(=O)c1cccc(NC(=O)N[C@H](C)c2ccc(N3CCOCC3)cc2)c1. The Morgan fingerprint density at radius 2 is 1.78 bits per heavy atom. The van der Waals surface area contributed by atoms with Crippen LogP contribution in [0.4, 0.5) is 16.2 Å². The molecule has 0 bridgehead atoms. The lowest BCUT2D eigenvalue weighted by molar-refractivity contribution is 0.101. The number of benzene rings is 2. The number of carbonyl (C=O) groups excluding carboxylic acids is 2. The number of rotatable bonds is 5. The van der Waals surface area contributed by atoms with Crippen LogP contribution in [0.3, 0.4) is 0 Å². The fraction of sp³-hybridized carbons (Fsp3) is 0.333. The second kappa shape index (κ2) is 8.68. The van der Waals surface area contributed by atoms with E-state index in [0.717, 1.165) is 31.9 Å². The van der Waals surface area contributed by atoms with E-state index < -0.39 is 0 Å². The standard InChI is InChI=1S/C21H25N3O3/c1-15(17-6-8-20(9-7-17)24-10-12-27-13-11-24)22-21(26)23-19-5-3-4-18(14-19)16(2)25/h3-9,14-15H,10-13H2,1-2H3,(H2,22,23,26)/t15-/m1/s1. The number of nitrogens with one attached hydrogen (secondary N) is 2. The Labute approximate surface area is 159 Å². The number of ketones is 1. The second-order valence-corrected chi connectivity index (χ2v) is 6.65. The second-order valence-electron chi connectivity index (χ2n) is 6.65. The molecule has 1 atom stereocenters. The van der Waals surface area contributed by atoms with Crippen molar-refractivity contribution in [2.45, 2.75) is 19.9 Å². The van der Waals surface area contributed by atoms with E-state index in [-0.39, 0.29) is 17.9 Å². The van der Waals surface area contributed by atoms with Crippen molar-refractivity contribution in [3.8, 4) is 0 Å². The number of nitrogens with zero attached hydrogens (tertiary/aromatic N) is 1. The minimum absolute atomic E-state index is 0.0345. The van der Waals surface area contributed by atoms with Crippen molar-refractivity contribution < 1.29 is 14.3 Å². The van der Waals surface area contributed by atoms with Gasteiger partial charge in [0.2, 0.25) is 0 Å². The Hall–Kier alpha value is -2.86. The van der Waals surface area contributed by atoms with Crippen molar-refractivity contribution in [3.05, 3.63) is 59.7 Å². The predicted molar refractivity (Wildman–Crippen MR) is 106 cm³/mol. The van der Waals surface area contributed by atoms with E-state index in [1.54, 1.807) is 24.3 Å². The maximum Gasteiger partial charge on any atom is 0.319 e. The molecule has 3 rings (SSSR count). The molecule has 0 aromatic heterocycles. The summed E-state index contributed by atoms with van der Waals surface area (Å²) < 4.78 is 5.38. The molecule has 142 valence electrons. The first-order valence-corrected chi connectivity index (χ1v) is 9.14. The van der Waals surface area contributed by atoms with E-state index in [1.165, 1.54) is 12.6 Å². The molecule has 2 aromatic rings. The average molecular weight is 367 g/mol. The van der Waals surface area contributed by atoms with Gasteiger partial charge < -0.3 is 20.3 Å². The highest BCUT2D eigenvalue weighted by Gasteiger charge is 2.13. The molecule has 1 aliphatic heterocycles. The van der Waals surface area contributed by atoms with Gasteiger partial charge in [0, 0.05) is 30.0 Å². The Morgan fingerprint density at radius 3 is 2.44 bits per heavy atom. The van der Waals surface area contributed by atoms with Crippen molar-refractivity contribution in [2.24, 2.45) is 0 Å². The van der Waals surface area contributed by atoms with Crippen LogP contribution in [0, 0.1) is 0 Å². The van der Waals surface area contributed by atoms with Gasteiger partial charge in [-0.2, -0.15) is 0 Å². The van der Waals surface area contributed by atoms with E-state index >= 15 is 0 Å². The lowest BCUT2D eigenvalue weighted by atomic mass is 10.1. The van der Waals surface area contributed by atoms with Gasteiger partial charge in [-0.3, -0.25) is 4.79 Å². The number of Topliss-reactive ketones (excluding diaryl/α,β-unsaturated/α-hetero) is 1. The molecular weight excluding hydrogens is 342 g/mol. The van der Waals surface area contributed by atoms with E-state index in [2.05, 4.69) is 27.7 Å². The number of morpholine rings is 1. The molecule has 0 spiro atoms. The lowest BCUT2D eigenvalue weighted by Crippen LogP contribution is -2.36.